The van der Waals surface area contributed by atoms with Crippen molar-refractivity contribution in [3.63, 3.8) is 0 Å². The van der Waals surface area contributed by atoms with Crippen LogP contribution in [0.1, 0.15) is 0 Å². The van der Waals surface area contributed by atoms with E-state index in [0.717, 1.165) is 10.4 Å². The third kappa shape index (κ3) is 3.21. The van der Waals surface area contributed by atoms with E-state index in [9.17, 15) is 8.42 Å². The van der Waals surface area contributed by atoms with Gasteiger partial charge in [0.15, 0.2) is 9.84 Å². The van der Waals surface area contributed by atoms with Crippen LogP contribution in [0.2, 0.25) is 5.02 Å². The number of aromatic nitrogens is 1. The van der Waals surface area contributed by atoms with Crippen molar-refractivity contribution in [3.05, 3.63) is 58.9 Å². The van der Waals surface area contributed by atoms with Crippen LogP contribution in [0.25, 0.3) is 21.8 Å². The number of hydrogen-bond donors (Lipinski definition) is 0. The van der Waals surface area contributed by atoms with Gasteiger partial charge in [-0.3, -0.25) is 0 Å². The van der Waals surface area contributed by atoms with E-state index < -0.39 is 9.84 Å². The molecule has 0 aliphatic carbocycles. The molecule has 22 heavy (non-hydrogen) atoms. The maximum absolute atomic E-state index is 12.0. The Morgan fingerprint density at radius 2 is 1.82 bits per heavy atom. The fourth-order valence-electron chi connectivity index (χ4n) is 2.07. The molecule has 112 valence electrons. The predicted octanol–water partition coefficient (Wildman–Crippen LogP) is 4.53. The zero-order valence-corrected chi connectivity index (χ0v) is 14.0. The Morgan fingerprint density at radius 3 is 2.45 bits per heavy atom. The molecule has 0 N–H and O–H groups in total. The second-order valence-corrected chi connectivity index (χ2v) is 8.23. The molecule has 0 radical (unpaired) electrons. The Hall–Kier alpha value is -1.69. The van der Waals surface area contributed by atoms with Gasteiger partial charge in [0.05, 0.1) is 21.2 Å². The molecule has 0 saturated carbocycles. The summed E-state index contributed by atoms with van der Waals surface area (Å²) < 4.78 is 23.9. The number of thiophene rings is 1. The van der Waals surface area contributed by atoms with Gasteiger partial charge < -0.3 is 0 Å². The number of rotatable bonds is 3. The van der Waals surface area contributed by atoms with E-state index in [4.69, 9.17) is 11.6 Å². The molecule has 1 aromatic carbocycles. The molecular formula is C16H12ClNO2S2. The van der Waals surface area contributed by atoms with Crippen LogP contribution in [0.15, 0.2) is 58.8 Å². The molecule has 0 fully saturated rings. The van der Waals surface area contributed by atoms with Crippen molar-refractivity contribution >= 4 is 32.8 Å². The first kappa shape index (κ1) is 15.2. The van der Waals surface area contributed by atoms with Crippen LogP contribution in [0.5, 0.6) is 0 Å². The van der Waals surface area contributed by atoms with Gasteiger partial charge in [-0.25, -0.2) is 13.4 Å². The van der Waals surface area contributed by atoms with Crippen LogP contribution in [-0.2, 0) is 9.84 Å². The monoisotopic (exact) mass is 349 g/mol. The third-order valence-corrected chi connectivity index (χ3v) is 5.34. The van der Waals surface area contributed by atoms with Crippen molar-refractivity contribution in [3.8, 4) is 21.8 Å². The molecule has 0 aliphatic rings. The van der Waals surface area contributed by atoms with Gasteiger partial charge in [-0.2, -0.15) is 0 Å². The van der Waals surface area contributed by atoms with Gasteiger partial charge in [0.2, 0.25) is 0 Å². The molecule has 0 unspecified atom stereocenters. The lowest BCUT2D eigenvalue weighted by Crippen LogP contribution is -2.00. The minimum atomic E-state index is -3.33. The Balaban J connectivity index is 2.24. The van der Waals surface area contributed by atoms with E-state index in [-0.39, 0.29) is 4.90 Å². The zero-order valence-electron chi connectivity index (χ0n) is 11.7. The summed E-state index contributed by atoms with van der Waals surface area (Å²) in [6.07, 6.45) is 1.20. The van der Waals surface area contributed by atoms with Crippen LogP contribution in [0.4, 0.5) is 0 Å². The lowest BCUT2D eigenvalue weighted by molar-refractivity contribution is 0.602. The number of benzene rings is 1. The molecule has 3 aromatic rings. The lowest BCUT2D eigenvalue weighted by Gasteiger charge is -2.08. The SMILES string of the molecule is CS(=O)(=O)c1cc(-c2cccc(Cl)c2)nc(-c2cccs2)c1. The highest BCUT2D eigenvalue weighted by atomic mass is 35.5. The van der Waals surface area contributed by atoms with Gasteiger partial charge in [0, 0.05) is 16.8 Å². The van der Waals surface area contributed by atoms with Crippen molar-refractivity contribution < 1.29 is 8.42 Å². The lowest BCUT2D eigenvalue weighted by atomic mass is 10.1. The summed E-state index contributed by atoms with van der Waals surface area (Å²) in [5, 5.41) is 2.52. The van der Waals surface area contributed by atoms with Crippen molar-refractivity contribution in [2.45, 2.75) is 4.90 Å². The van der Waals surface area contributed by atoms with E-state index in [0.29, 0.717) is 16.4 Å². The number of nitrogens with zero attached hydrogens (tertiary/aromatic N) is 1. The maximum Gasteiger partial charge on any atom is 0.175 e. The first-order valence-corrected chi connectivity index (χ1v) is 9.60. The summed E-state index contributed by atoms with van der Waals surface area (Å²) in [4.78, 5) is 5.76. The van der Waals surface area contributed by atoms with E-state index in [1.54, 1.807) is 24.3 Å². The van der Waals surface area contributed by atoms with Crippen molar-refractivity contribution in [2.24, 2.45) is 0 Å². The average Bonchev–Trinajstić information content (AvgIpc) is 3.00. The number of pyridine rings is 1. The van der Waals surface area contributed by atoms with Gasteiger partial charge in [0.25, 0.3) is 0 Å². The second kappa shape index (κ2) is 5.83. The quantitative estimate of drug-likeness (QED) is 0.697. The molecule has 2 heterocycles. The first-order chi connectivity index (χ1) is 10.4. The maximum atomic E-state index is 12.0. The standard InChI is InChI=1S/C16H12ClNO2S2/c1-22(19,20)13-9-14(11-4-2-5-12(17)8-11)18-15(10-13)16-6-3-7-21-16/h2-10H,1H3. The molecule has 0 amide bonds. The average molecular weight is 350 g/mol. The molecular weight excluding hydrogens is 338 g/mol. The van der Waals surface area contributed by atoms with Crippen LogP contribution in [0, 0.1) is 0 Å². The van der Waals surface area contributed by atoms with Crippen LogP contribution in [0.3, 0.4) is 0 Å². The van der Waals surface area contributed by atoms with Gasteiger partial charge in [-0.15, -0.1) is 11.3 Å². The molecule has 0 aliphatic heterocycles. The Labute approximate surface area is 138 Å². The topological polar surface area (TPSA) is 47.0 Å². The highest BCUT2D eigenvalue weighted by Crippen LogP contribution is 2.30. The summed E-state index contributed by atoms with van der Waals surface area (Å²) in [5.74, 6) is 0. The minimum absolute atomic E-state index is 0.251. The van der Waals surface area contributed by atoms with Gasteiger partial charge in [-0.05, 0) is 35.7 Å². The Bertz CT molecular complexity index is 919. The Morgan fingerprint density at radius 1 is 1.05 bits per heavy atom. The number of halogens is 1. The van der Waals surface area contributed by atoms with E-state index in [1.165, 1.54) is 17.6 Å². The molecule has 0 saturated heterocycles. The third-order valence-electron chi connectivity index (χ3n) is 3.12. The number of hydrogen-bond acceptors (Lipinski definition) is 4. The summed E-state index contributed by atoms with van der Waals surface area (Å²) >= 11 is 7.54. The van der Waals surface area contributed by atoms with E-state index >= 15 is 0 Å². The van der Waals surface area contributed by atoms with Crippen molar-refractivity contribution in [2.75, 3.05) is 6.26 Å². The van der Waals surface area contributed by atoms with Gasteiger partial charge in [0.1, 0.15) is 0 Å². The van der Waals surface area contributed by atoms with Crippen LogP contribution < -0.4 is 0 Å². The normalized spacial score (nSPS) is 11.5. The summed E-state index contributed by atoms with van der Waals surface area (Å²) in [7, 11) is -3.33. The fraction of sp³-hybridized carbons (Fsp3) is 0.0625. The second-order valence-electron chi connectivity index (χ2n) is 4.83. The summed E-state index contributed by atoms with van der Waals surface area (Å²) in [6, 6.07) is 14.2. The van der Waals surface area contributed by atoms with Crippen molar-refractivity contribution in [1.29, 1.82) is 0 Å². The molecule has 3 rings (SSSR count). The summed E-state index contributed by atoms with van der Waals surface area (Å²) in [6.45, 7) is 0. The Kier molecular flexibility index (Phi) is 4.04. The largest absolute Gasteiger partial charge is 0.247 e. The summed E-state index contributed by atoms with van der Waals surface area (Å²) in [5.41, 5.74) is 2.03. The van der Waals surface area contributed by atoms with Crippen LogP contribution in [-0.4, -0.2) is 19.7 Å². The molecule has 0 atom stereocenters. The predicted molar refractivity (Wildman–Crippen MR) is 91.1 cm³/mol. The smallest absolute Gasteiger partial charge is 0.175 e. The van der Waals surface area contributed by atoms with Crippen LogP contribution >= 0.6 is 22.9 Å². The molecule has 6 heteroatoms. The molecule has 2 aromatic heterocycles. The fourth-order valence-corrected chi connectivity index (χ4v) is 3.59. The highest BCUT2D eigenvalue weighted by molar-refractivity contribution is 7.90. The highest BCUT2D eigenvalue weighted by Gasteiger charge is 2.14. The van der Waals surface area contributed by atoms with Gasteiger partial charge >= 0.3 is 0 Å². The first-order valence-electron chi connectivity index (χ1n) is 6.45. The van der Waals surface area contributed by atoms with Crippen molar-refractivity contribution in [1.82, 2.24) is 4.98 Å². The zero-order chi connectivity index (χ0) is 15.7. The van der Waals surface area contributed by atoms with Gasteiger partial charge in [-0.1, -0.05) is 29.8 Å². The van der Waals surface area contributed by atoms with E-state index in [1.807, 2.05) is 29.6 Å². The number of sulfone groups is 1. The molecule has 0 spiro atoms. The molecule has 3 nitrogen and oxygen atoms in total. The minimum Gasteiger partial charge on any atom is -0.247 e. The molecule has 0 bridgehead atoms. The van der Waals surface area contributed by atoms with E-state index in [2.05, 4.69) is 4.98 Å².